The maximum absolute atomic E-state index is 5.67. The Morgan fingerprint density at radius 1 is 1.00 bits per heavy atom. The SMILES string of the molecule is C#Cc1ccc2c(c1)CCc1ccccc1/C2=C\c1ccc(C(C)CC=C)c(C)c1. The van der Waals surface area contributed by atoms with E-state index in [1.165, 1.54) is 44.5 Å². The summed E-state index contributed by atoms with van der Waals surface area (Å²) < 4.78 is 0. The Morgan fingerprint density at radius 2 is 1.77 bits per heavy atom. The Bertz CT molecular complexity index is 1170. The number of rotatable bonds is 4. The summed E-state index contributed by atoms with van der Waals surface area (Å²) >= 11 is 0. The van der Waals surface area contributed by atoms with Gasteiger partial charge in [-0.25, -0.2) is 0 Å². The first-order chi connectivity index (χ1) is 14.6. The standard InChI is InChI=1S/C30H28/c1-5-9-21(3)27-16-13-24(18-22(27)4)20-30-28-11-8-7-10-25(28)14-15-26-19-23(6-2)12-17-29(26)30/h2,5,7-8,10-13,16-21H,1,9,14-15H2,3-4H3/b30-20+. The molecule has 1 aliphatic rings. The van der Waals surface area contributed by atoms with Crippen molar-refractivity contribution < 1.29 is 0 Å². The van der Waals surface area contributed by atoms with Crippen molar-refractivity contribution in [3.8, 4) is 12.3 Å². The molecule has 0 saturated carbocycles. The quantitative estimate of drug-likeness (QED) is 0.324. The smallest absolute Gasteiger partial charge is 0.0245 e. The summed E-state index contributed by atoms with van der Waals surface area (Å²) in [6.07, 6.45) is 13.1. The number of benzene rings is 3. The molecule has 1 atom stereocenters. The third-order valence-electron chi connectivity index (χ3n) is 6.19. The Labute approximate surface area is 181 Å². The second kappa shape index (κ2) is 8.60. The second-order valence-electron chi connectivity index (χ2n) is 8.27. The van der Waals surface area contributed by atoms with E-state index in [0.29, 0.717) is 5.92 Å². The van der Waals surface area contributed by atoms with E-state index in [-0.39, 0.29) is 0 Å². The van der Waals surface area contributed by atoms with Crippen molar-refractivity contribution in [3.05, 3.63) is 118 Å². The van der Waals surface area contributed by atoms with Crippen LogP contribution in [0.1, 0.15) is 63.8 Å². The normalized spacial score (nSPS) is 14.9. The van der Waals surface area contributed by atoms with Crippen molar-refractivity contribution in [2.75, 3.05) is 0 Å². The van der Waals surface area contributed by atoms with Gasteiger partial charge in [0.25, 0.3) is 0 Å². The Hall–Kier alpha value is -3.30. The molecule has 0 aromatic heterocycles. The van der Waals surface area contributed by atoms with E-state index in [4.69, 9.17) is 6.42 Å². The zero-order chi connectivity index (χ0) is 21.1. The third kappa shape index (κ3) is 3.89. The molecule has 0 fully saturated rings. The van der Waals surface area contributed by atoms with Crippen LogP contribution in [-0.4, -0.2) is 0 Å². The molecule has 0 radical (unpaired) electrons. The summed E-state index contributed by atoms with van der Waals surface area (Å²) in [5.41, 5.74) is 11.6. The fraction of sp³-hybridized carbons (Fsp3) is 0.200. The van der Waals surface area contributed by atoms with Gasteiger partial charge in [-0.15, -0.1) is 13.0 Å². The molecule has 0 saturated heterocycles. The van der Waals surface area contributed by atoms with Gasteiger partial charge in [0.15, 0.2) is 0 Å². The molecule has 0 heterocycles. The first-order valence-electron chi connectivity index (χ1n) is 10.7. The van der Waals surface area contributed by atoms with Gasteiger partial charge in [-0.3, -0.25) is 0 Å². The van der Waals surface area contributed by atoms with Crippen molar-refractivity contribution in [3.63, 3.8) is 0 Å². The van der Waals surface area contributed by atoms with Crippen LogP contribution in [-0.2, 0) is 12.8 Å². The van der Waals surface area contributed by atoms with Crippen LogP contribution in [0.2, 0.25) is 0 Å². The number of hydrogen-bond acceptors (Lipinski definition) is 0. The first kappa shape index (κ1) is 20.0. The van der Waals surface area contributed by atoms with E-state index in [1.807, 2.05) is 6.08 Å². The average Bonchev–Trinajstić information content (AvgIpc) is 2.91. The van der Waals surface area contributed by atoms with Gasteiger partial charge in [0.2, 0.25) is 0 Å². The molecule has 1 aliphatic carbocycles. The van der Waals surface area contributed by atoms with Gasteiger partial charge in [0.1, 0.15) is 0 Å². The summed E-state index contributed by atoms with van der Waals surface area (Å²) in [5, 5.41) is 0. The highest BCUT2D eigenvalue weighted by atomic mass is 14.2. The minimum absolute atomic E-state index is 0.491. The number of terminal acetylenes is 1. The number of hydrogen-bond donors (Lipinski definition) is 0. The molecule has 148 valence electrons. The fourth-order valence-corrected chi connectivity index (χ4v) is 4.61. The van der Waals surface area contributed by atoms with Crippen LogP contribution in [0.25, 0.3) is 11.6 Å². The molecule has 0 heteroatoms. The molecule has 0 spiro atoms. The van der Waals surface area contributed by atoms with Gasteiger partial charge < -0.3 is 0 Å². The lowest BCUT2D eigenvalue weighted by atomic mass is 9.89. The monoisotopic (exact) mass is 388 g/mol. The van der Waals surface area contributed by atoms with Crippen molar-refractivity contribution in [1.82, 2.24) is 0 Å². The van der Waals surface area contributed by atoms with Crippen LogP contribution >= 0.6 is 0 Å². The minimum atomic E-state index is 0.491. The summed E-state index contributed by atoms with van der Waals surface area (Å²) in [7, 11) is 0. The van der Waals surface area contributed by atoms with Crippen molar-refractivity contribution in [2.24, 2.45) is 0 Å². The van der Waals surface area contributed by atoms with E-state index < -0.39 is 0 Å². The van der Waals surface area contributed by atoms with Crippen molar-refractivity contribution >= 4 is 11.6 Å². The maximum atomic E-state index is 5.67. The molecule has 0 bridgehead atoms. The lowest BCUT2D eigenvalue weighted by Gasteiger charge is -2.15. The lowest BCUT2D eigenvalue weighted by molar-refractivity contribution is 0.775. The van der Waals surface area contributed by atoms with Crippen LogP contribution in [0.4, 0.5) is 0 Å². The summed E-state index contributed by atoms with van der Waals surface area (Å²) in [4.78, 5) is 0. The molecule has 0 amide bonds. The van der Waals surface area contributed by atoms with Gasteiger partial charge >= 0.3 is 0 Å². The Morgan fingerprint density at radius 3 is 2.53 bits per heavy atom. The number of fused-ring (bicyclic) bond motifs is 2. The minimum Gasteiger partial charge on any atom is -0.115 e. The Balaban J connectivity index is 1.85. The van der Waals surface area contributed by atoms with Crippen LogP contribution in [0.15, 0.2) is 73.3 Å². The van der Waals surface area contributed by atoms with Crippen LogP contribution in [0.3, 0.4) is 0 Å². The van der Waals surface area contributed by atoms with Gasteiger partial charge in [-0.05, 0) is 94.8 Å². The van der Waals surface area contributed by atoms with E-state index in [2.05, 4.69) is 93.1 Å². The van der Waals surface area contributed by atoms with E-state index in [1.54, 1.807) is 0 Å². The second-order valence-corrected chi connectivity index (χ2v) is 8.27. The summed E-state index contributed by atoms with van der Waals surface area (Å²) in [6, 6.07) is 22.1. The molecule has 0 nitrogen and oxygen atoms in total. The maximum Gasteiger partial charge on any atom is 0.0245 e. The van der Waals surface area contributed by atoms with E-state index in [9.17, 15) is 0 Å². The molecular formula is C30H28. The summed E-state index contributed by atoms with van der Waals surface area (Å²) in [6.45, 7) is 8.37. The van der Waals surface area contributed by atoms with Crippen LogP contribution in [0, 0.1) is 19.3 Å². The van der Waals surface area contributed by atoms with E-state index >= 15 is 0 Å². The zero-order valence-corrected chi connectivity index (χ0v) is 17.9. The third-order valence-corrected chi connectivity index (χ3v) is 6.19. The predicted octanol–water partition coefficient (Wildman–Crippen LogP) is 7.34. The average molecular weight is 389 g/mol. The van der Waals surface area contributed by atoms with Gasteiger partial charge in [0, 0.05) is 5.56 Å². The highest BCUT2D eigenvalue weighted by Crippen LogP contribution is 2.36. The Kier molecular flexibility index (Phi) is 5.73. The summed E-state index contributed by atoms with van der Waals surface area (Å²) in [5.74, 6) is 3.28. The molecule has 3 aromatic carbocycles. The van der Waals surface area contributed by atoms with E-state index in [0.717, 1.165) is 24.8 Å². The molecule has 4 rings (SSSR count). The van der Waals surface area contributed by atoms with Crippen molar-refractivity contribution in [1.29, 1.82) is 0 Å². The fourth-order valence-electron chi connectivity index (χ4n) is 4.61. The largest absolute Gasteiger partial charge is 0.115 e. The molecular weight excluding hydrogens is 360 g/mol. The number of aryl methyl sites for hydroxylation is 3. The predicted molar refractivity (Wildman–Crippen MR) is 130 cm³/mol. The first-order valence-corrected chi connectivity index (χ1v) is 10.7. The van der Waals surface area contributed by atoms with Crippen molar-refractivity contribution in [2.45, 2.75) is 39.0 Å². The molecule has 3 aromatic rings. The molecule has 30 heavy (non-hydrogen) atoms. The van der Waals surface area contributed by atoms with Crippen LogP contribution < -0.4 is 0 Å². The van der Waals surface area contributed by atoms with Gasteiger partial charge in [-0.1, -0.05) is 67.5 Å². The zero-order valence-electron chi connectivity index (χ0n) is 17.9. The van der Waals surface area contributed by atoms with Gasteiger partial charge in [0.05, 0.1) is 0 Å². The molecule has 0 aliphatic heterocycles. The van der Waals surface area contributed by atoms with Gasteiger partial charge in [-0.2, -0.15) is 0 Å². The molecule has 1 unspecified atom stereocenters. The topological polar surface area (TPSA) is 0 Å². The van der Waals surface area contributed by atoms with Crippen LogP contribution in [0.5, 0.6) is 0 Å². The highest BCUT2D eigenvalue weighted by molar-refractivity contribution is 5.94. The lowest BCUT2D eigenvalue weighted by Crippen LogP contribution is -1.97. The highest BCUT2D eigenvalue weighted by Gasteiger charge is 2.18. The number of allylic oxidation sites excluding steroid dienone is 1. The molecule has 0 N–H and O–H groups in total.